The zero-order chi connectivity index (χ0) is 22.4. The first-order valence-electron chi connectivity index (χ1n) is 10.3. The van der Waals surface area contributed by atoms with Gasteiger partial charge in [-0.25, -0.2) is 5.01 Å². The average molecular weight is 439 g/mol. The molecule has 0 radical (unpaired) electrons. The molecule has 3 aromatic rings. The molecule has 0 spiro atoms. The van der Waals surface area contributed by atoms with Gasteiger partial charge < -0.3 is 10.2 Å². The molecule has 3 rings (SSSR count). The van der Waals surface area contributed by atoms with Crippen molar-refractivity contribution >= 4 is 33.9 Å². The summed E-state index contributed by atoms with van der Waals surface area (Å²) in [5.74, 6) is -0.305. The van der Waals surface area contributed by atoms with Gasteiger partial charge in [-0.15, -0.1) is 11.3 Å². The predicted octanol–water partition coefficient (Wildman–Crippen LogP) is 2.69. The van der Waals surface area contributed by atoms with E-state index in [0.29, 0.717) is 12.8 Å². The van der Waals surface area contributed by atoms with E-state index < -0.39 is 12.1 Å². The smallest absolute Gasteiger partial charge is 0.257 e. The molecule has 2 aromatic carbocycles. The van der Waals surface area contributed by atoms with Gasteiger partial charge in [-0.05, 0) is 41.3 Å². The van der Waals surface area contributed by atoms with Gasteiger partial charge in [0.2, 0.25) is 5.91 Å². The molecule has 1 heterocycles. The molecule has 0 saturated carbocycles. The van der Waals surface area contributed by atoms with E-state index in [-0.39, 0.29) is 11.8 Å². The van der Waals surface area contributed by atoms with Crippen LogP contribution in [-0.2, 0) is 22.4 Å². The summed E-state index contributed by atoms with van der Waals surface area (Å²) >= 11 is 1.59. The van der Waals surface area contributed by atoms with Crippen molar-refractivity contribution in [1.82, 2.24) is 20.7 Å². The molecule has 2 unspecified atom stereocenters. The van der Waals surface area contributed by atoms with Crippen LogP contribution in [-0.4, -0.2) is 62.0 Å². The SMILES string of the molecule is CNC(Cc1ccc2ccccc2c1)C(=O)N(C)C(Cc1cccs1)C(=O)NN(C)C. The number of hydrazine groups is 1. The molecule has 6 nitrogen and oxygen atoms in total. The molecule has 0 fully saturated rings. The Hall–Kier alpha value is -2.74. The van der Waals surface area contributed by atoms with Gasteiger partial charge in [0, 0.05) is 32.4 Å². The third kappa shape index (κ3) is 5.91. The molecular weight excluding hydrogens is 408 g/mol. The van der Waals surface area contributed by atoms with Crippen LogP contribution in [0.15, 0.2) is 60.0 Å². The van der Waals surface area contributed by atoms with Crippen LogP contribution in [0.4, 0.5) is 0 Å². The van der Waals surface area contributed by atoms with Crippen LogP contribution in [0.3, 0.4) is 0 Å². The van der Waals surface area contributed by atoms with Gasteiger partial charge in [0.25, 0.3) is 5.91 Å². The number of nitrogens with one attached hydrogen (secondary N) is 2. The third-order valence-corrected chi connectivity index (χ3v) is 6.23. The second-order valence-electron chi connectivity index (χ2n) is 7.85. The molecule has 2 N–H and O–H groups in total. The summed E-state index contributed by atoms with van der Waals surface area (Å²) in [5, 5.41) is 9.05. The number of thiophene rings is 1. The standard InChI is InChI=1S/C24H30N4O2S/c1-25-21(15-17-11-12-18-8-5-6-9-19(18)14-17)24(30)28(4)22(23(29)26-27(2)3)16-20-10-7-13-31-20/h5-14,21-22,25H,15-16H2,1-4H3,(H,26,29). The predicted molar refractivity (Wildman–Crippen MR) is 127 cm³/mol. The van der Waals surface area contributed by atoms with Gasteiger partial charge in [-0.1, -0.05) is 48.5 Å². The van der Waals surface area contributed by atoms with Gasteiger partial charge in [0.1, 0.15) is 6.04 Å². The Labute approximate surface area is 187 Å². The number of hydrogen-bond acceptors (Lipinski definition) is 5. The minimum Gasteiger partial charge on any atom is -0.332 e. The third-order valence-electron chi connectivity index (χ3n) is 5.33. The maximum atomic E-state index is 13.4. The van der Waals surface area contributed by atoms with Gasteiger partial charge in [-0.3, -0.25) is 15.0 Å². The summed E-state index contributed by atoms with van der Waals surface area (Å²) in [5.41, 5.74) is 3.88. The van der Waals surface area contributed by atoms with E-state index in [2.05, 4.69) is 41.1 Å². The lowest BCUT2D eigenvalue weighted by Crippen LogP contribution is -2.55. The van der Waals surface area contributed by atoms with E-state index in [4.69, 9.17) is 0 Å². The van der Waals surface area contributed by atoms with Crippen molar-refractivity contribution in [3.8, 4) is 0 Å². The molecule has 0 bridgehead atoms. The number of carbonyl (C=O) groups excluding carboxylic acids is 2. The summed E-state index contributed by atoms with van der Waals surface area (Å²) in [4.78, 5) is 28.9. The molecule has 0 saturated heterocycles. The van der Waals surface area contributed by atoms with Gasteiger partial charge in [0.15, 0.2) is 0 Å². The maximum absolute atomic E-state index is 13.4. The Bertz CT molecular complexity index is 1020. The number of fused-ring (bicyclic) bond motifs is 1. The van der Waals surface area contributed by atoms with E-state index >= 15 is 0 Å². The van der Waals surface area contributed by atoms with Crippen LogP contribution in [0, 0.1) is 0 Å². The van der Waals surface area contributed by atoms with Crippen molar-refractivity contribution in [1.29, 1.82) is 0 Å². The van der Waals surface area contributed by atoms with Crippen molar-refractivity contribution in [2.75, 3.05) is 28.2 Å². The van der Waals surface area contributed by atoms with Crippen molar-refractivity contribution in [2.45, 2.75) is 24.9 Å². The lowest BCUT2D eigenvalue weighted by Gasteiger charge is -2.31. The molecular formula is C24H30N4O2S. The molecule has 31 heavy (non-hydrogen) atoms. The Morgan fingerprint density at radius 2 is 1.71 bits per heavy atom. The van der Waals surface area contributed by atoms with Gasteiger partial charge in [-0.2, -0.15) is 0 Å². The first-order valence-corrected chi connectivity index (χ1v) is 11.2. The Balaban J connectivity index is 1.78. The summed E-state index contributed by atoms with van der Waals surface area (Å²) in [6.07, 6.45) is 1.03. The first kappa shape index (κ1) is 22.9. The number of nitrogens with zero attached hydrogens (tertiary/aromatic N) is 2. The first-order chi connectivity index (χ1) is 14.9. The highest BCUT2D eigenvalue weighted by molar-refractivity contribution is 7.09. The number of likely N-dealkylation sites (N-methyl/N-ethyl adjacent to an activating group) is 2. The highest BCUT2D eigenvalue weighted by atomic mass is 32.1. The van der Waals surface area contributed by atoms with Crippen LogP contribution < -0.4 is 10.7 Å². The fraction of sp³-hybridized carbons (Fsp3) is 0.333. The fourth-order valence-electron chi connectivity index (χ4n) is 3.63. The number of hydrogen-bond donors (Lipinski definition) is 2. The molecule has 2 atom stereocenters. The largest absolute Gasteiger partial charge is 0.332 e. The van der Waals surface area contributed by atoms with E-state index in [1.807, 2.05) is 29.6 Å². The zero-order valence-corrected chi connectivity index (χ0v) is 19.3. The molecule has 164 valence electrons. The van der Waals surface area contributed by atoms with Crippen LogP contribution in [0.2, 0.25) is 0 Å². The minimum absolute atomic E-state index is 0.105. The lowest BCUT2D eigenvalue weighted by atomic mass is 10.00. The van der Waals surface area contributed by atoms with Gasteiger partial charge >= 0.3 is 0 Å². The minimum atomic E-state index is -0.596. The number of rotatable bonds is 9. The summed E-state index contributed by atoms with van der Waals surface area (Å²) < 4.78 is 0. The van der Waals surface area contributed by atoms with Gasteiger partial charge in [0.05, 0.1) is 6.04 Å². The quantitative estimate of drug-likeness (QED) is 0.504. The fourth-order valence-corrected chi connectivity index (χ4v) is 4.38. The van der Waals surface area contributed by atoms with Crippen molar-refractivity contribution in [3.05, 3.63) is 70.4 Å². The monoisotopic (exact) mass is 438 g/mol. The van der Waals surface area contributed by atoms with E-state index in [1.54, 1.807) is 49.4 Å². The van der Waals surface area contributed by atoms with Crippen LogP contribution >= 0.6 is 11.3 Å². The summed E-state index contributed by atoms with van der Waals surface area (Å²) in [6, 6.07) is 17.4. The summed E-state index contributed by atoms with van der Waals surface area (Å²) in [7, 11) is 7.02. The zero-order valence-electron chi connectivity index (χ0n) is 18.5. The van der Waals surface area contributed by atoms with Crippen LogP contribution in [0.5, 0.6) is 0 Å². The number of carbonyl (C=O) groups is 2. The van der Waals surface area contributed by atoms with E-state index in [1.165, 1.54) is 5.39 Å². The highest BCUT2D eigenvalue weighted by Gasteiger charge is 2.31. The summed E-state index contributed by atoms with van der Waals surface area (Å²) in [6.45, 7) is 0. The molecule has 7 heteroatoms. The van der Waals surface area contributed by atoms with Crippen molar-refractivity contribution in [3.63, 3.8) is 0 Å². The topological polar surface area (TPSA) is 64.7 Å². The lowest BCUT2D eigenvalue weighted by molar-refractivity contribution is -0.142. The normalized spacial score (nSPS) is 13.2. The molecule has 0 aliphatic heterocycles. The molecule has 1 aromatic heterocycles. The average Bonchev–Trinajstić information content (AvgIpc) is 3.27. The highest BCUT2D eigenvalue weighted by Crippen LogP contribution is 2.19. The Kier molecular flexibility index (Phi) is 7.79. The molecule has 2 amide bonds. The second-order valence-corrected chi connectivity index (χ2v) is 8.88. The van der Waals surface area contributed by atoms with Crippen LogP contribution in [0.25, 0.3) is 10.8 Å². The maximum Gasteiger partial charge on any atom is 0.257 e. The number of benzene rings is 2. The van der Waals surface area contributed by atoms with Crippen LogP contribution in [0.1, 0.15) is 10.4 Å². The van der Waals surface area contributed by atoms with E-state index in [0.717, 1.165) is 15.8 Å². The molecule has 0 aliphatic rings. The van der Waals surface area contributed by atoms with Crippen molar-refractivity contribution < 1.29 is 9.59 Å². The Morgan fingerprint density at radius 3 is 2.35 bits per heavy atom. The molecule has 0 aliphatic carbocycles. The van der Waals surface area contributed by atoms with Crippen molar-refractivity contribution in [2.24, 2.45) is 0 Å². The van der Waals surface area contributed by atoms with E-state index in [9.17, 15) is 9.59 Å². The Morgan fingerprint density at radius 1 is 0.968 bits per heavy atom. The second kappa shape index (κ2) is 10.5. The number of amides is 2.